The first kappa shape index (κ1) is 13.9. The molecule has 1 aliphatic rings. The fraction of sp³-hybridized carbons (Fsp3) is 0.500. The number of ether oxygens (including phenoxy) is 1. The molecular formula is C14H17F2NO2. The highest BCUT2D eigenvalue weighted by atomic mass is 19.3. The SMILES string of the molecule is CCC(NCC1CC(F)(F)C(=O)O1)c1ccccc1. The van der Waals surface area contributed by atoms with Crippen LogP contribution in [0.1, 0.15) is 31.4 Å². The summed E-state index contributed by atoms with van der Waals surface area (Å²) >= 11 is 0. The third-order valence-corrected chi connectivity index (χ3v) is 3.26. The van der Waals surface area contributed by atoms with Gasteiger partial charge in [-0.15, -0.1) is 0 Å². The van der Waals surface area contributed by atoms with Gasteiger partial charge in [-0.3, -0.25) is 0 Å². The van der Waals surface area contributed by atoms with Crippen molar-refractivity contribution >= 4 is 5.97 Å². The van der Waals surface area contributed by atoms with Gasteiger partial charge in [-0.25, -0.2) is 4.79 Å². The number of benzene rings is 1. The van der Waals surface area contributed by atoms with E-state index in [-0.39, 0.29) is 12.6 Å². The first-order valence-electron chi connectivity index (χ1n) is 6.40. The van der Waals surface area contributed by atoms with Crippen LogP contribution in [-0.4, -0.2) is 24.5 Å². The van der Waals surface area contributed by atoms with E-state index >= 15 is 0 Å². The molecule has 19 heavy (non-hydrogen) atoms. The molecule has 0 aliphatic carbocycles. The van der Waals surface area contributed by atoms with Crippen LogP contribution in [0.15, 0.2) is 30.3 Å². The summed E-state index contributed by atoms with van der Waals surface area (Å²) < 4.78 is 30.7. The molecule has 2 atom stereocenters. The van der Waals surface area contributed by atoms with Crippen molar-refractivity contribution < 1.29 is 18.3 Å². The first-order chi connectivity index (χ1) is 9.03. The molecule has 104 valence electrons. The molecule has 1 N–H and O–H groups in total. The van der Waals surface area contributed by atoms with Crippen LogP contribution < -0.4 is 5.32 Å². The number of carbonyl (C=O) groups is 1. The summed E-state index contributed by atoms with van der Waals surface area (Å²) in [5.74, 6) is -4.74. The fourth-order valence-corrected chi connectivity index (χ4v) is 2.22. The second-order valence-corrected chi connectivity index (χ2v) is 4.72. The largest absolute Gasteiger partial charge is 0.456 e. The van der Waals surface area contributed by atoms with Crippen LogP contribution in [0.5, 0.6) is 0 Å². The Labute approximate surface area is 111 Å². The molecule has 1 aromatic carbocycles. The van der Waals surface area contributed by atoms with Gasteiger partial charge in [-0.1, -0.05) is 37.3 Å². The van der Waals surface area contributed by atoms with Crippen molar-refractivity contribution in [2.24, 2.45) is 0 Å². The zero-order valence-electron chi connectivity index (χ0n) is 10.7. The lowest BCUT2D eigenvalue weighted by Gasteiger charge is -2.19. The number of nitrogens with one attached hydrogen (secondary N) is 1. The predicted molar refractivity (Wildman–Crippen MR) is 66.9 cm³/mol. The molecule has 0 radical (unpaired) electrons. The second kappa shape index (κ2) is 5.65. The average molecular weight is 269 g/mol. The summed E-state index contributed by atoms with van der Waals surface area (Å²) in [4.78, 5) is 10.9. The molecule has 3 nitrogen and oxygen atoms in total. The Balaban J connectivity index is 1.90. The van der Waals surface area contributed by atoms with E-state index in [0.717, 1.165) is 12.0 Å². The number of hydrogen-bond acceptors (Lipinski definition) is 3. The highest BCUT2D eigenvalue weighted by Gasteiger charge is 2.50. The van der Waals surface area contributed by atoms with Gasteiger partial charge in [0.2, 0.25) is 0 Å². The zero-order valence-corrected chi connectivity index (χ0v) is 10.7. The lowest BCUT2D eigenvalue weighted by Crippen LogP contribution is -2.30. The van der Waals surface area contributed by atoms with Crippen molar-refractivity contribution in [3.05, 3.63) is 35.9 Å². The quantitative estimate of drug-likeness (QED) is 0.835. The van der Waals surface area contributed by atoms with Gasteiger partial charge < -0.3 is 10.1 Å². The standard InChI is InChI=1S/C14H17F2NO2/c1-2-12(10-6-4-3-5-7-10)17-9-11-8-14(15,16)13(18)19-11/h3-7,11-12,17H,2,8-9H2,1H3. The minimum Gasteiger partial charge on any atom is -0.456 e. The van der Waals surface area contributed by atoms with Crippen LogP contribution in [0.3, 0.4) is 0 Å². The highest BCUT2D eigenvalue weighted by Crippen LogP contribution is 2.30. The van der Waals surface area contributed by atoms with Crippen LogP contribution in [-0.2, 0) is 9.53 Å². The smallest absolute Gasteiger partial charge is 0.377 e. The summed E-state index contributed by atoms with van der Waals surface area (Å²) in [6, 6.07) is 9.84. The maximum atomic E-state index is 13.0. The lowest BCUT2D eigenvalue weighted by atomic mass is 10.0. The summed E-state index contributed by atoms with van der Waals surface area (Å²) in [6.07, 6.45) is -0.453. The maximum Gasteiger partial charge on any atom is 0.377 e. The van der Waals surface area contributed by atoms with Gasteiger partial charge in [-0.05, 0) is 12.0 Å². The van der Waals surface area contributed by atoms with Crippen molar-refractivity contribution in [3.63, 3.8) is 0 Å². The molecule has 1 aliphatic heterocycles. The van der Waals surface area contributed by atoms with E-state index in [1.165, 1.54) is 0 Å². The molecule has 0 bridgehead atoms. The molecule has 5 heteroatoms. The Morgan fingerprint density at radius 3 is 2.63 bits per heavy atom. The molecule has 1 heterocycles. The molecule has 2 rings (SSSR count). The molecule has 2 unspecified atom stereocenters. The predicted octanol–water partition coefficient (Wildman–Crippen LogP) is 2.68. The number of esters is 1. The van der Waals surface area contributed by atoms with E-state index in [0.29, 0.717) is 0 Å². The summed E-state index contributed by atoms with van der Waals surface area (Å²) in [7, 11) is 0. The highest BCUT2D eigenvalue weighted by molar-refractivity contribution is 5.79. The maximum absolute atomic E-state index is 13.0. The lowest BCUT2D eigenvalue weighted by molar-refractivity contribution is -0.159. The van der Waals surface area contributed by atoms with Crippen LogP contribution in [0.4, 0.5) is 8.78 Å². The Morgan fingerprint density at radius 1 is 1.42 bits per heavy atom. The molecule has 1 saturated heterocycles. The minimum absolute atomic E-state index is 0.0779. The van der Waals surface area contributed by atoms with E-state index in [4.69, 9.17) is 0 Å². The third-order valence-electron chi connectivity index (χ3n) is 3.26. The van der Waals surface area contributed by atoms with Crippen molar-refractivity contribution in [1.82, 2.24) is 5.32 Å². The summed E-state index contributed by atoms with van der Waals surface area (Å²) in [5.41, 5.74) is 1.10. The number of alkyl halides is 2. The van der Waals surface area contributed by atoms with Gasteiger partial charge in [0, 0.05) is 12.6 Å². The topological polar surface area (TPSA) is 38.3 Å². The van der Waals surface area contributed by atoms with E-state index in [1.54, 1.807) is 0 Å². The number of halogens is 2. The molecule has 0 amide bonds. The Kier molecular flexibility index (Phi) is 4.14. The molecular weight excluding hydrogens is 252 g/mol. The molecule has 1 aromatic rings. The summed E-state index contributed by atoms with van der Waals surface area (Å²) in [5, 5.41) is 3.18. The average Bonchev–Trinajstić information content (AvgIpc) is 2.65. The van der Waals surface area contributed by atoms with Gasteiger partial charge >= 0.3 is 11.9 Å². The van der Waals surface area contributed by atoms with Gasteiger partial charge in [-0.2, -0.15) is 8.78 Å². The zero-order chi connectivity index (χ0) is 13.9. The van der Waals surface area contributed by atoms with E-state index < -0.39 is 24.4 Å². The minimum atomic E-state index is -3.33. The van der Waals surface area contributed by atoms with Crippen molar-refractivity contribution in [2.75, 3.05) is 6.54 Å². The van der Waals surface area contributed by atoms with Crippen molar-refractivity contribution in [1.29, 1.82) is 0 Å². The number of rotatable bonds is 5. The summed E-state index contributed by atoms with van der Waals surface area (Å²) in [6.45, 7) is 2.26. The molecule has 0 spiro atoms. The van der Waals surface area contributed by atoms with Crippen LogP contribution in [0.25, 0.3) is 0 Å². The number of hydrogen-bond donors (Lipinski definition) is 1. The van der Waals surface area contributed by atoms with Crippen LogP contribution >= 0.6 is 0 Å². The number of cyclic esters (lactones) is 1. The van der Waals surface area contributed by atoms with Crippen LogP contribution in [0, 0.1) is 0 Å². The Bertz CT molecular complexity index is 436. The fourth-order valence-electron chi connectivity index (χ4n) is 2.22. The molecule has 1 fully saturated rings. The van der Waals surface area contributed by atoms with E-state index in [2.05, 4.69) is 10.1 Å². The first-order valence-corrected chi connectivity index (χ1v) is 6.40. The third kappa shape index (κ3) is 3.29. The van der Waals surface area contributed by atoms with Crippen molar-refractivity contribution in [3.8, 4) is 0 Å². The second-order valence-electron chi connectivity index (χ2n) is 4.72. The van der Waals surface area contributed by atoms with Gasteiger partial charge in [0.1, 0.15) is 6.10 Å². The molecule has 0 saturated carbocycles. The Hall–Kier alpha value is -1.49. The molecule has 0 aromatic heterocycles. The van der Waals surface area contributed by atoms with Crippen LogP contribution in [0.2, 0.25) is 0 Å². The monoisotopic (exact) mass is 269 g/mol. The van der Waals surface area contributed by atoms with Gasteiger partial charge in [0.05, 0.1) is 6.42 Å². The van der Waals surface area contributed by atoms with E-state index in [9.17, 15) is 13.6 Å². The van der Waals surface area contributed by atoms with Gasteiger partial charge in [0.25, 0.3) is 0 Å². The Morgan fingerprint density at radius 2 is 2.11 bits per heavy atom. The van der Waals surface area contributed by atoms with E-state index in [1.807, 2.05) is 37.3 Å². The number of carbonyl (C=O) groups excluding carboxylic acids is 1. The van der Waals surface area contributed by atoms with Crippen molar-refractivity contribution in [2.45, 2.75) is 37.8 Å². The normalized spacial score (nSPS) is 23.1. The van der Waals surface area contributed by atoms with Gasteiger partial charge in [0.15, 0.2) is 0 Å².